The van der Waals surface area contributed by atoms with E-state index in [4.69, 9.17) is 0 Å². The van der Waals surface area contributed by atoms with Gasteiger partial charge in [0.15, 0.2) is 0 Å². The summed E-state index contributed by atoms with van der Waals surface area (Å²) in [5.41, 5.74) is -7.83. The molecule has 0 spiro atoms. The molecular formula is C21H21F7N2O3S. The van der Waals surface area contributed by atoms with E-state index < -0.39 is 44.8 Å². The molecule has 0 heterocycles. The molecule has 2 aromatic carbocycles. The van der Waals surface area contributed by atoms with Gasteiger partial charge in [-0.05, 0) is 57.0 Å². The highest BCUT2D eigenvalue weighted by atomic mass is 32.2. The number of anilines is 2. The van der Waals surface area contributed by atoms with Gasteiger partial charge < -0.3 is 5.32 Å². The number of sulfonamides is 1. The van der Waals surface area contributed by atoms with Crippen LogP contribution in [0.25, 0.3) is 0 Å². The third kappa shape index (κ3) is 5.29. The zero-order valence-electron chi connectivity index (χ0n) is 18.3. The van der Waals surface area contributed by atoms with E-state index in [1.807, 2.05) is 0 Å². The summed E-state index contributed by atoms with van der Waals surface area (Å²) < 4.78 is 119. The Hall–Kier alpha value is -2.83. The average molecular weight is 514 g/mol. The minimum Gasteiger partial charge on any atom is -0.322 e. The lowest BCUT2D eigenvalue weighted by molar-refractivity contribution is -0.348. The number of halogens is 7. The van der Waals surface area contributed by atoms with Gasteiger partial charge in [-0.25, -0.2) is 12.8 Å². The molecular weight excluding hydrogens is 493 g/mol. The number of carbonyl (C=O) groups excluding carboxylic acids is 1. The largest absolute Gasteiger partial charge is 0.435 e. The number of hydrogen-bond donors (Lipinski definition) is 2. The smallest absolute Gasteiger partial charge is 0.322 e. The fourth-order valence-corrected chi connectivity index (χ4v) is 3.73. The minimum absolute atomic E-state index is 0.0442. The van der Waals surface area contributed by atoms with Crippen LogP contribution in [-0.4, -0.2) is 31.9 Å². The van der Waals surface area contributed by atoms with Crippen LogP contribution >= 0.6 is 0 Å². The molecule has 0 saturated carbocycles. The van der Waals surface area contributed by atoms with Gasteiger partial charge in [0.1, 0.15) is 0 Å². The van der Waals surface area contributed by atoms with Crippen LogP contribution in [0.5, 0.6) is 0 Å². The van der Waals surface area contributed by atoms with Gasteiger partial charge in [0.05, 0.1) is 5.25 Å². The maximum atomic E-state index is 14.4. The van der Waals surface area contributed by atoms with E-state index in [0.717, 1.165) is 13.8 Å². The average Bonchev–Trinajstić information content (AvgIpc) is 2.67. The van der Waals surface area contributed by atoms with Gasteiger partial charge in [0.2, 0.25) is 10.0 Å². The Labute approximate surface area is 191 Å². The normalized spacial score (nSPS) is 13.2. The van der Waals surface area contributed by atoms with E-state index in [1.54, 1.807) is 0 Å². The monoisotopic (exact) mass is 514 g/mol. The maximum Gasteiger partial charge on any atom is 0.435 e. The van der Waals surface area contributed by atoms with Gasteiger partial charge in [-0.2, -0.15) is 26.3 Å². The van der Waals surface area contributed by atoms with E-state index in [1.165, 1.54) is 38.1 Å². The van der Waals surface area contributed by atoms with Gasteiger partial charge in [-0.1, -0.05) is 18.2 Å². The molecule has 0 bridgehead atoms. The van der Waals surface area contributed by atoms with Crippen LogP contribution in [0.2, 0.25) is 0 Å². The molecule has 0 aromatic heterocycles. The zero-order chi connectivity index (χ0) is 26.3. The van der Waals surface area contributed by atoms with Gasteiger partial charge in [-0.3, -0.25) is 9.52 Å². The number of aryl methyl sites for hydroxylation is 2. The first-order valence-electron chi connectivity index (χ1n) is 9.68. The van der Waals surface area contributed by atoms with Crippen LogP contribution in [0, 0.1) is 13.8 Å². The molecule has 5 nitrogen and oxygen atoms in total. The Morgan fingerprint density at radius 3 is 1.82 bits per heavy atom. The van der Waals surface area contributed by atoms with Crippen molar-refractivity contribution >= 4 is 27.3 Å². The summed E-state index contributed by atoms with van der Waals surface area (Å²) in [5.74, 6) is -0.817. The predicted octanol–water partition coefficient (Wildman–Crippen LogP) is 6.00. The summed E-state index contributed by atoms with van der Waals surface area (Å²) in [5, 5.41) is 1.60. The molecule has 34 heavy (non-hydrogen) atoms. The minimum atomic E-state index is -6.27. The molecule has 0 saturated heterocycles. The zero-order valence-corrected chi connectivity index (χ0v) is 19.1. The molecule has 2 aromatic rings. The molecule has 0 atom stereocenters. The molecule has 2 rings (SSSR count). The molecule has 188 valence electrons. The van der Waals surface area contributed by atoms with Gasteiger partial charge in [0.25, 0.3) is 5.91 Å². The molecule has 13 heteroatoms. The highest BCUT2D eigenvalue weighted by molar-refractivity contribution is 7.93. The van der Waals surface area contributed by atoms with E-state index >= 15 is 0 Å². The van der Waals surface area contributed by atoms with Crippen LogP contribution in [0.1, 0.15) is 40.9 Å². The standard InChI is InChI=1S/C21H21F7N2O3S/c1-11(2)34(32,33)30-16-7-5-6-14(10-16)18(31)29-17-12(3)8-15(9-13(17)4)19(22,20(23,24)25)21(26,27)28/h5-11,30H,1-4H3,(H,29,31). The highest BCUT2D eigenvalue weighted by Gasteiger charge is 2.73. The van der Waals surface area contributed by atoms with Gasteiger partial charge in [0, 0.05) is 22.5 Å². The lowest BCUT2D eigenvalue weighted by atomic mass is 9.90. The number of amides is 1. The number of nitrogens with one attached hydrogen (secondary N) is 2. The second-order valence-corrected chi connectivity index (χ2v) is 10.1. The van der Waals surface area contributed by atoms with Crippen LogP contribution < -0.4 is 10.0 Å². The Balaban J connectivity index is 2.41. The molecule has 1 amide bonds. The summed E-state index contributed by atoms with van der Waals surface area (Å²) in [4.78, 5) is 12.6. The van der Waals surface area contributed by atoms with Crippen molar-refractivity contribution in [1.29, 1.82) is 0 Å². The number of rotatable bonds is 6. The van der Waals surface area contributed by atoms with Crippen LogP contribution in [0.3, 0.4) is 0 Å². The second-order valence-electron chi connectivity index (χ2n) is 7.87. The van der Waals surface area contributed by atoms with Crippen molar-refractivity contribution in [3.05, 3.63) is 58.7 Å². The summed E-state index contributed by atoms with van der Waals surface area (Å²) in [7, 11) is -3.71. The maximum absolute atomic E-state index is 14.4. The first kappa shape index (κ1) is 27.4. The van der Waals surface area contributed by atoms with Crippen molar-refractivity contribution in [3.63, 3.8) is 0 Å². The van der Waals surface area contributed by atoms with E-state index in [-0.39, 0.29) is 28.1 Å². The lowest BCUT2D eigenvalue weighted by Crippen LogP contribution is -2.50. The molecule has 0 aliphatic rings. The van der Waals surface area contributed by atoms with Crippen molar-refractivity contribution in [3.8, 4) is 0 Å². The molecule has 0 unspecified atom stereocenters. The predicted molar refractivity (Wildman–Crippen MR) is 113 cm³/mol. The lowest BCUT2D eigenvalue weighted by Gasteiger charge is -2.31. The van der Waals surface area contributed by atoms with Crippen molar-refractivity contribution in [2.24, 2.45) is 0 Å². The van der Waals surface area contributed by atoms with Crippen LogP contribution in [-0.2, 0) is 15.7 Å². The van der Waals surface area contributed by atoms with Gasteiger partial charge >= 0.3 is 18.0 Å². The SMILES string of the molecule is Cc1cc(C(F)(C(F)(F)F)C(F)(F)F)cc(C)c1NC(=O)c1cccc(NS(=O)(=O)C(C)C)c1. The fraction of sp³-hybridized carbons (Fsp3) is 0.381. The van der Waals surface area contributed by atoms with E-state index in [9.17, 15) is 43.9 Å². The summed E-state index contributed by atoms with van der Waals surface area (Å²) in [6, 6.07) is 6.03. The first-order valence-corrected chi connectivity index (χ1v) is 11.2. The summed E-state index contributed by atoms with van der Waals surface area (Å²) >= 11 is 0. The Morgan fingerprint density at radius 2 is 1.38 bits per heavy atom. The number of alkyl halides is 7. The fourth-order valence-electron chi connectivity index (χ4n) is 3.04. The van der Waals surface area contributed by atoms with Crippen molar-refractivity contribution in [2.45, 2.75) is 51.0 Å². The molecule has 2 N–H and O–H groups in total. The van der Waals surface area contributed by atoms with Crippen LogP contribution in [0.4, 0.5) is 42.1 Å². The van der Waals surface area contributed by atoms with Crippen LogP contribution in [0.15, 0.2) is 36.4 Å². The first-order chi connectivity index (χ1) is 15.3. The quantitative estimate of drug-likeness (QED) is 0.465. The molecule has 0 fully saturated rings. The molecule has 0 aliphatic heterocycles. The second kappa shape index (κ2) is 9.08. The highest BCUT2D eigenvalue weighted by Crippen LogP contribution is 2.53. The van der Waals surface area contributed by atoms with Crippen molar-refractivity contribution in [2.75, 3.05) is 10.0 Å². The van der Waals surface area contributed by atoms with E-state index in [0.29, 0.717) is 12.1 Å². The Bertz CT molecular complexity index is 1150. The third-order valence-corrected chi connectivity index (χ3v) is 6.72. The van der Waals surface area contributed by atoms with E-state index in [2.05, 4.69) is 10.0 Å². The molecule has 0 aliphatic carbocycles. The Morgan fingerprint density at radius 1 is 0.882 bits per heavy atom. The summed E-state index contributed by atoms with van der Waals surface area (Å²) in [6.07, 6.45) is -12.5. The molecule has 0 radical (unpaired) electrons. The third-order valence-electron chi connectivity index (χ3n) is 4.96. The van der Waals surface area contributed by atoms with Crippen molar-refractivity contribution in [1.82, 2.24) is 0 Å². The number of benzene rings is 2. The van der Waals surface area contributed by atoms with Crippen molar-refractivity contribution < 1.29 is 43.9 Å². The number of carbonyl (C=O) groups is 1. The Kier molecular flexibility index (Phi) is 7.32. The van der Waals surface area contributed by atoms with Gasteiger partial charge in [-0.15, -0.1) is 0 Å². The topological polar surface area (TPSA) is 75.3 Å². The summed E-state index contributed by atoms with van der Waals surface area (Å²) in [6.45, 7) is 5.12. The number of hydrogen-bond acceptors (Lipinski definition) is 3.